The zero-order chi connectivity index (χ0) is 17.5. The van der Waals surface area contributed by atoms with E-state index >= 15 is 0 Å². The fourth-order valence-electron chi connectivity index (χ4n) is 3.16. The third-order valence-electron chi connectivity index (χ3n) is 4.55. The minimum Gasteiger partial charge on any atom is -0.341 e. The van der Waals surface area contributed by atoms with E-state index in [9.17, 15) is 9.59 Å². The Bertz CT molecular complexity index is 685. The predicted molar refractivity (Wildman–Crippen MR) is 101 cm³/mol. The maximum atomic E-state index is 12.4. The van der Waals surface area contributed by atoms with Crippen molar-refractivity contribution in [2.45, 2.75) is 25.8 Å². The van der Waals surface area contributed by atoms with Crippen LogP contribution in [0.5, 0.6) is 0 Å². The van der Waals surface area contributed by atoms with Gasteiger partial charge < -0.3 is 4.90 Å². The van der Waals surface area contributed by atoms with Crippen molar-refractivity contribution >= 4 is 23.0 Å². The molecule has 1 aliphatic rings. The van der Waals surface area contributed by atoms with E-state index in [2.05, 4.69) is 29.2 Å². The summed E-state index contributed by atoms with van der Waals surface area (Å²) in [4.78, 5) is 29.6. The van der Waals surface area contributed by atoms with Crippen LogP contribution in [0.1, 0.15) is 34.5 Å². The van der Waals surface area contributed by atoms with Gasteiger partial charge in [-0.3, -0.25) is 14.5 Å². The van der Waals surface area contributed by atoms with Gasteiger partial charge in [0.05, 0.1) is 4.88 Å². The minimum absolute atomic E-state index is 0.0730. The van der Waals surface area contributed by atoms with Crippen LogP contribution in [0, 0.1) is 0 Å². The second-order valence-electron chi connectivity index (χ2n) is 6.40. The van der Waals surface area contributed by atoms with Gasteiger partial charge in [-0.1, -0.05) is 36.4 Å². The van der Waals surface area contributed by atoms with Gasteiger partial charge in [0.2, 0.25) is 5.91 Å². The first-order valence-corrected chi connectivity index (χ1v) is 9.71. The first-order chi connectivity index (χ1) is 12.2. The molecular weight excluding hydrogens is 332 g/mol. The summed E-state index contributed by atoms with van der Waals surface area (Å²) >= 11 is 1.44. The molecule has 0 unspecified atom stereocenters. The Morgan fingerprint density at radius 2 is 1.76 bits per heavy atom. The van der Waals surface area contributed by atoms with Gasteiger partial charge in [0, 0.05) is 45.6 Å². The molecule has 5 heteroatoms. The molecule has 0 saturated carbocycles. The SMILES string of the molecule is O=C(CCC(=O)N1CCCN(Cc2ccccc2)CC1)c1cccs1. The van der Waals surface area contributed by atoms with Crippen LogP contribution in [-0.2, 0) is 11.3 Å². The number of carbonyl (C=O) groups is 2. The Balaban J connectivity index is 1.45. The highest BCUT2D eigenvalue weighted by Gasteiger charge is 2.20. The molecule has 0 aliphatic carbocycles. The summed E-state index contributed by atoms with van der Waals surface area (Å²) in [7, 11) is 0. The van der Waals surface area contributed by atoms with Crippen LogP contribution >= 0.6 is 11.3 Å². The van der Waals surface area contributed by atoms with E-state index in [4.69, 9.17) is 0 Å². The van der Waals surface area contributed by atoms with E-state index in [1.807, 2.05) is 28.5 Å². The average molecular weight is 356 g/mol. The molecule has 132 valence electrons. The Hall–Kier alpha value is -1.98. The van der Waals surface area contributed by atoms with Gasteiger partial charge in [-0.15, -0.1) is 11.3 Å². The van der Waals surface area contributed by atoms with E-state index in [1.165, 1.54) is 16.9 Å². The molecule has 1 amide bonds. The fraction of sp³-hybridized carbons (Fsp3) is 0.400. The number of hydrogen-bond acceptors (Lipinski definition) is 4. The Morgan fingerprint density at radius 3 is 2.52 bits per heavy atom. The largest absolute Gasteiger partial charge is 0.341 e. The number of ketones is 1. The summed E-state index contributed by atoms with van der Waals surface area (Å²) in [5.74, 6) is 0.176. The molecule has 1 aliphatic heterocycles. The molecule has 1 aromatic heterocycles. The van der Waals surface area contributed by atoms with E-state index < -0.39 is 0 Å². The van der Waals surface area contributed by atoms with Crippen LogP contribution in [0.25, 0.3) is 0 Å². The summed E-state index contributed by atoms with van der Waals surface area (Å²) in [6, 6.07) is 14.1. The molecule has 25 heavy (non-hydrogen) atoms. The van der Waals surface area contributed by atoms with Crippen molar-refractivity contribution in [3.8, 4) is 0 Å². The molecule has 0 N–H and O–H groups in total. The van der Waals surface area contributed by atoms with E-state index in [0.717, 1.165) is 44.0 Å². The first kappa shape index (κ1) is 17.8. The molecule has 4 nitrogen and oxygen atoms in total. The van der Waals surface area contributed by atoms with Crippen molar-refractivity contribution in [3.05, 3.63) is 58.3 Å². The number of carbonyl (C=O) groups excluding carboxylic acids is 2. The molecule has 2 heterocycles. The van der Waals surface area contributed by atoms with Crippen molar-refractivity contribution < 1.29 is 9.59 Å². The molecule has 3 rings (SSSR count). The van der Waals surface area contributed by atoms with E-state index in [1.54, 1.807) is 0 Å². The van der Waals surface area contributed by atoms with Gasteiger partial charge in [0.25, 0.3) is 0 Å². The highest BCUT2D eigenvalue weighted by Crippen LogP contribution is 2.14. The smallest absolute Gasteiger partial charge is 0.223 e. The van der Waals surface area contributed by atoms with E-state index in [0.29, 0.717) is 12.8 Å². The summed E-state index contributed by atoms with van der Waals surface area (Å²) in [6.07, 6.45) is 1.61. The minimum atomic E-state index is 0.0730. The molecule has 2 aromatic rings. The van der Waals surface area contributed by atoms with Crippen molar-refractivity contribution in [1.29, 1.82) is 0 Å². The topological polar surface area (TPSA) is 40.6 Å². The molecule has 0 radical (unpaired) electrons. The molecule has 1 saturated heterocycles. The molecule has 0 spiro atoms. The zero-order valence-corrected chi connectivity index (χ0v) is 15.2. The molecule has 0 atom stereocenters. The van der Waals surface area contributed by atoms with Gasteiger partial charge in [-0.05, 0) is 23.4 Å². The zero-order valence-electron chi connectivity index (χ0n) is 14.4. The van der Waals surface area contributed by atoms with Crippen LogP contribution in [0.15, 0.2) is 47.8 Å². The normalized spacial score (nSPS) is 15.8. The first-order valence-electron chi connectivity index (χ1n) is 8.83. The molecule has 1 fully saturated rings. The highest BCUT2D eigenvalue weighted by molar-refractivity contribution is 7.12. The van der Waals surface area contributed by atoms with Gasteiger partial charge >= 0.3 is 0 Å². The lowest BCUT2D eigenvalue weighted by Gasteiger charge is -2.22. The predicted octanol–water partition coefficient (Wildman–Crippen LogP) is 3.45. The number of thiophene rings is 1. The lowest BCUT2D eigenvalue weighted by atomic mass is 10.2. The Morgan fingerprint density at radius 1 is 0.920 bits per heavy atom. The summed E-state index contributed by atoms with van der Waals surface area (Å²) in [5, 5.41) is 1.89. The van der Waals surface area contributed by atoms with Crippen LogP contribution in [0.4, 0.5) is 0 Å². The third kappa shape index (κ3) is 5.25. The maximum Gasteiger partial charge on any atom is 0.223 e. The van der Waals surface area contributed by atoms with Gasteiger partial charge in [0.1, 0.15) is 0 Å². The quantitative estimate of drug-likeness (QED) is 0.745. The summed E-state index contributed by atoms with van der Waals surface area (Å²) in [5.41, 5.74) is 1.31. The number of rotatable bonds is 6. The van der Waals surface area contributed by atoms with Crippen LogP contribution in [0.3, 0.4) is 0 Å². The second kappa shape index (κ2) is 8.92. The lowest BCUT2D eigenvalue weighted by molar-refractivity contribution is -0.131. The Kier molecular flexibility index (Phi) is 6.36. The second-order valence-corrected chi connectivity index (χ2v) is 7.34. The lowest BCUT2D eigenvalue weighted by Crippen LogP contribution is -2.35. The van der Waals surface area contributed by atoms with Gasteiger partial charge in [0.15, 0.2) is 5.78 Å². The van der Waals surface area contributed by atoms with Crippen molar-refractivity contribution in [3.63, 3.8) is 0 Å². The standard InChI is InChI=1S/C20H24N2O2S/c23-18(19-8-4-15-25-19)9-10-20(24)22-12-5-11-21(13-14-22)16-17-6-2-1-3-7-17/h1-4,6-8,15H,5,9-14,16H2. The van der Waals surface area contributed by atoms with Crippen molar-refractivity contribution in [2.24, 2.45) is 0 Å². The average Bonchev–Trinajstić information content (AvgIpc) is 3.08. The van der Waals surface area contributed by atoms with Crippen LogP contribution < -0.4 is 0 Å². The van der Waals surface area contributed by atoms with Crippen molar-refractivity contribution in [1.82, 2.24) is 9.80 Å². The van der Waals surface area contributed by atoms with Crippen molar-refractivity contribution in [2.75, 3.05) is 26.2 Å². The number of Topliss-reactive ketones (excluding diaryl/α,β-unsaturated/α-hetero) is 1. The monoisotopic (exact) mass is 356 g/mol. The summed E-state index contributed by atoms with van der Waals surface area (Å²) < 4.78 is 0. The number of benzene rings is 1. The molecule has 1 aromatic carbocycles. The van der Waals surface area contributed by atoms with Gasteiger partial charge in [-0.2, -0.15) is 0 Å². The highest BCUT2D eigenvalue weighted by atomic mass is 32.1. The number of amides is 1. The van der Waals surface area contributed by atoms with Crippen LogP contribution in [-0.4, -0.2) is 47.7 Å². The molecule has 0 bridgehead atoms. The van der Waals surface area contributed by atoms with Crippen LogP contribution in [0.2, 0.25) is 0 Å². The van der Waals surface area contributed by atoms with E-state index in [-0.39, 0.29) is 11.7 Å². The Labute approximate surface area is 153 Å². The molecular formula is C20H24N2O2S. The van der Waals surface area contributed by atoms with Gasteiger partial charge in [-0.25, -0.2) is 0 Å². The fourth-order valence-corrected chi connectivity index (χ4v) is 3.85. The summed E-state index contributed by atoms with van der Waals surface area (Å²) in [6.45, 7) is 4.36. The number of nitrogens with zero attached hydrogens (tertiary/aromatic N) is 2. The maximum absolute atomic E-state index is 12.4. The third-order valence-corrected chi connectivity index (χ3v) is 5.46. The number of hydrogen-bond donors (Lipinski definition) is 0.